The molecule has 5 nitrogen and oxygen atoms in total. The van der Waals surface area contributed by atoms with Gasteiger partial charge in [-0.3, -0.25) is 4.79 Å². The van der Waals surface area contributed by atoms with Crippen LogP contribution in [-0.4, -0.2) is 49.9 Å². The van der Waals surface area contributed by atoms with Gasteiger partial charge in [0.25, 0.3) is 0 Å². The van der Waals surface area contributed by atoms with Gasteiger partial charge in [0.15, 0.2) is 9.84 Å². The van der Waals surface area contributed by atoms with Crippen molar-refractivity contribution in [2.24, 2.45) is 11.7 Å². The first kappa shape index (κ1) is 15.4. The van der Waals surface area contributed by atoms with E-state index in [0.717, 1.165) is 19.3 Å². The van der Waals surface area contributed by atoms with E-state index in [1.807, 2.05) is 0 Å². The highest BCUT2D eigenvalue weighted by Crippen LogP contribution is 2.26. The largest absolute Gasteiger partial charge is 0.342 e. The molecule has 0 bridgehead atoms. The van der Waals surface area contributed by atoms with Crippen molar-refractivity contribution in [3.63, 3.8) is 0 Å². The predicted octanol–water partition coefficient (Wildman–Crippen LogP) is 0.395. The average molecular weight is 276 g/mol. The second kappa shape index (κ2) is 6.02. The first-order valence-corrected chi connectivity index (χ1v) is 8.31. The first-order chi connectivity index (χ1) is 8.26. The molecule has 106 valence electrons. The lowest BCUT2D eigenvalue weighted by Gasteiger charge is -2.27. The van der Waals surface area contributed by atoms with Crippen molar-refractivity contribution in [2.45, 2.75) is 45.2 Å². The van der Waals surface area contributed by atoms with Gasteiger partial charge in [-0.2, -0.15) is 0 Å². The Balaban J connectivity index is 2.58. The molecule has 1 amide bonds. The molecule has 2 N–H and O–H groups in total. The number of hydrogen-bond acceptors (Lipinski definition) is 4. The smallest absolute Gasteiger partial charge is 0.225 e. The second-order valence-electron chi connectivity index (χ2n) is 5.27. The molecule has 0 aromatic rings. The van der Waals surface area contributed by atoms with Crippen LogP contribution >= 0.6 is 0 Å². The van der Waals surface area contributed by atoms with Crippen LogP contribution in [0.4, 0.5) is 0 Å². The van der Waals surface area contributed by atoms with Crippen molar-refractivity contribution in [3.8, 4) is 0 Å². The summed E-state index contributed by atoms with van der Waals surface area (Å²) in [5, 5.41) is 0. The van der Waals surface area contributed by atoms with Gasteiger partial charge in [0, 0.05) is 30.8 Å². The molecular formula is C12H24N2O3S. The van der Waals surface area contributed by atoms with Crippen molar-refractivity contribution in [2.75, 3.05) is 18.6 Å². The van der Waals surface area contributed by atoms with Crippen LogP contribution in [-0.2, 0) is 14.6 Å². The molecule has 1 rings (SSSR count). The normalized spacial score (nSPS) is 26.0. The SMILES string of the molecule is CCS(=O)(=O)CC(C)N(C)C(=O)C1CCC(N)C1. The number of carbonyl (C=O) groups is 1. The second-order valence-corrected chi connectivity index (χ2v) is 7.66. The molecule has 1 aliphatic carbocycles. The summed E-state index contributed by atoms with van der Waals surface area (Å²) in [6.07, 6.45) is 2.42. The number of amides is 1. The van der Waals surface area contributed by atoms with Crippen LogP contribution in [0.25, 0.3) is 0 Å². The fraction of sp³-hybridized carbons (Fsp3) is 0.917. The lowest BCUT2D eigenvalue weighted by molar-refractivity contribution is -0.135. The molecule has 18 heavy (non-hydrogen) atoms. The van der Waals surface area contributed by atoms with E-state index in [1.165, 1.54) is 0 Å². The third-order valence-electron chi connectivity index (χ3n) is 3.77. The molecular weight excluding hydrogens is 252 g/mol. The standard InChI is InChI=1S/C12H24N2O3S/c1-4-18(16,17)8-9(2)14(3)12(15)10-5-6-11(13)7-10/h9-11H,4-8,13H2,1-3H3. The van der Waals surface area contributed by atoms with Gasteiger partial charge in [-0.1, -0.05) is 6.92 Å². The number of sulfone groups is 1. The minimum absolute atomic E-state index is 0.0294. The molecule has 1 fully saturated rings. The monoisotopic (exact) mass is 276 g/mol. The van der Waals surface area contributed by atoms with Crippen LogP contribution in [0.2, 0.25) is 0 Å². The number of hydrogen-bond donors (Lipinski definition) is 1. The summed E-state index contributed by atoms with van der Waals surface area (Å²) in [4.78, 5) is 13.7. The van der Waals surface area contributed by atoms with Gasteiger partial charge < -0.3 is 10.6 Å². The van der Waals surface area contributed by atoms with Gasteiger partial charge in [-0.05, 0) is 26.2 Å². The van der Waals surface area contributed by atoms with E-state index in [-0.39, 0.29) is 35.4 Å². The third kappa shape index (κ3) is 3.95. The lowest BCUT2D eigenvalue weighted by Crippen LogP contribution is -2.42. The van der Waals surface area contributed by atoms with E-state index in [0.29, 0.717) is 0 Å². The Morgan fingerprint density at radius 3 is 2.50 bits per heavy atom. The average Bonchev–Trinajstić information content (AvgIpc) is 2.73. The van der Waals surface area contributed by atoms with Gasteiger partial charge in [0.1, 0.15) is 0 Å². The molecule has 3 atom stereocenters. The summed E-state index contributed by atoms with van der Waals surface area (Å²) < 4.78 is 23.1. The van der Waals surface area contributed by atoms with Gasteiger partial charge in [-0.15, -0.1) is 0 Å². The minimum Gasteiger partial charge on any atom is -0.342 e. The summed E-state index contributed by atoms with van der Waals surface area (Å²) >= 11 is 0. The van der Waals surface area contributed by atoms with Crippen molar-refractivity contribution in [3.05, 3.63) is 0 Å². The van der Waals surface area contributed by atoms with Crippen molar-refractivity contribution in [1.29, 1.82) is 0 Å². The predicted molar refractivity (Wildman–Crippen MR) is 71.9 cm³/mol. The van der Waals surface area contributed by atoms with Crippen LogP contribution < -0.4 is 5.73 Å². The Bertz CT molecular complexity index is 394. The van der Waals surface area contributed by atoms with Crippen molar-refractivity contribution < 1.29 is 13.2 Å². The van der Waals surface area contributed by atoms with E-state index in [2.05, 4.69) is 0 Å². The molecule has 0 spiro atoms. The topological polar surface area (TPSA) is 80.5 Å². The van der Waals surface area contributed by atoms with Crippen LogP contribution in [0.1, 0.15) is 33.1 Å². The number of nitrogens with two attached hydrogens (primary N) is 1. The van der Waals surface area contributed by atoms with Gasteiger partial charge in [0.2, 0.25) is 5.91 Å². The molecule has 0 aromatic carbocycles. The fourth-order valence-corrected chi connectivity index (χ4v) is 3.54. The fourth-order valence-electron chi connectivity index (χ4n) is 2.34. The van der Waals surface area contributed by atoms with Crippen LogP contribution in [0, 0.1) is 5.92 Å². The van der Waals surface area contributed by atoms with Crippen LogP contribution in [0.15, 0.2) is 0 Å². The van der Waals surface area contributed by atoms with Crippen molar-refractivity contribution in [1.82, 2.24) is 4.90 Å². The maximum Gasteiger partial charge on any atom is 0.225 e. The Hall–Kier alpha value is -0.620. The highest BCUT2D eigenvalue weighted by molar-refractivity contribution is 7.91. The van der Waals surface area contributed by atoms with Gasteiger partial charge in [-0.25, -0.2) is 8.42 Å². The lowest BCUT2D eigenvalue weighted by atomic mass is 10.1. The first-order valence-electron chi connectivity index (χ1n) is 6.49. The number of nitrogens with zero attached hydrogens (tertiary/aromatic N) is 1. The minimum atomic E-state index is -3.05. The quantitative estimate of drug-likeness (QED) is 0.788. The van der Waals surface area contributed by atoms with E-state index in [4.69, 9.17) is 5.73 Å². The Morgan fingerprint density at radius 1 is 1.44 bits per heavy atom. The maximum atomic E-state index is 12.2. The Labute approximate surface area is 110 Å². The Kier molecular flexibility index (Phi) is 5.16. The summed E-state index contributed by atoms with van der Waals surface area (Å²) in [7, 11) is -1.37. The maximum absolute atomic E-state index is 12.2. The highest BCUT2D eigenvalue weighted by Gasteiger charge is 2.32. The summed E-state index contributed by atoms with van der Waals surface area (Å²) in [6, 6.07) is -0.165. The molecule has 0 saturated heterocycles. The van der Waals surface area contributed by atoms with Crippen LogP contribution in [0.3, 0.4) is 0 Å². The van der Waals surface area contributed by atoms with Crippen molar-refractivity contribution >= 4 is 15.7 Å². The number of rotatable bonds is 5. The molecule has 1 saturated carbocycles. The van der Waals surface area contributed by atoms with Crippen LogP contribution in [0.5, 0.6) is 0 Å². The van der Waals surface area contributed by atoms with E-state index >= 15 is 0 Å². The molecule has 0 heterocycles. The Morgan fingerprint density at radius 2 is 2.06 bits per heavy atom. The molecule has 3 unspecified atom stereocenters. The summed E-state index contributed by atoms with van der Waals surface area (Å²) in [5.74, 6) is 0.150. The molecule has 6 heteroatoms. The molecule has 0 aromatic heterocycles. The number of carbonyl (C=O) groups excluding carboxylic acids is 1. The zero-order chi connectivity index (χ0) is 13.9. The van der Waals surface area contributed by atoms with Gasteiger partial charge >= 0.3 is 0 Å². The molecule has 1 aliphatic rings. The third-order valence-corrected chi connectivity index (χ3v) is 5.64. The zero-order valence-electron chi connectivity index (χ0n) is 11.4. The summed E-state index contributed by atoms with van der Waals surface area (Å²) in [6.45, 7) is 3.40. The van der Waals surface area contributed by atoms with E-state index in [1.54, 1.807) is 25.8 Å². The van der Waals surface area contributed by atoms with E-state index in [9.17, 15) is 13.2 Å². The molecule has 0 radical (unpaired) electrons. The summed E-state index contributed by atoms with van der Waals surface area (Å²) in [5.41, 5.74) is 5.80. The highest BCUT2D eigenvalue weighted by atomic mass is 32.2. The van der Waals surface area contributed by atoms with E-state index < -0.39 is 9.84 Å². The molecule has 0 aliphatic heterocycles. The van der Waals surface area contributed by atoms with Gasteiger partial charge in [0.05, 0.1) is 5.75 Å². The zero-order valence-corrected chi connectivity index (χ0v) is 12.2.